The second-order valence-corrected chi connectivity index (χ2v) is 7.24. The number of rotatable bonds is 8. The van der Waals surface area contributed by atoms with Crippen LogP contribution in [0.4, 0.5) is 0 Å². The molecule has 2 rings (SSSR count). The van der Waals surface area contributed by atoms with Gasteiger partial charge >= 0.3 is 0 Å². The standard InChI is InChI=1S/C12H24N2O3S/c15-18(16,10-12-3-5-13-6-4-12)14-7-8-17-9-11-1-2-11/h11-14H,1-10H2. The SMILES string of the molecule is O=S(=O)(CC1CCNCC1)NCCOCC1CC1. The summed E-state index contributed by atoms with van der Waals surface area (Å²) in [5.41, 5.74) is 0. The van der Waals surface area contributed by atoms with E-state index in [4.69, 9.17) is 4.74 Å². The number of hydrogen-bond donors (Lipinski definition) is 2. The Balaban J connectivity index is 1.56. The molecule has 2 fully saturated rings. The number of nitrogens with one attached hydrogen (secondary N) is 2. The Hall–Kier alpha value is -0.170. The third-order valence-corrected chi connectivity index (χ3v) is 5.09. The monoisotopic (exact) mass is 276 g/mol. The van der Waals surface area contributed by atoms with Crippen molar-refractivity contribution in [1.82, 2.24) is 10.0 Å². The van der Waals surface area contributed by atoms with Crippen molar-refractivity contribution in [2.24, 2.45) is 11.8 Å². The summed E-state index contributed by atoms with van der Waals surface area (Å²) < 4.78 is 31.7. The van der Waals surface area contributed by atoms with Crippen molar-refractivity contribution < 1.29 is 13.2 Å². The quantitative estimate of drug-likeness (QED) is 0.627. The van der Waals surface area contributed by atoms with Gasteiger partial charge in [-0.3, -0.25) is 0 Å². The molecular formula is C12H24N2O3S. The fourth-order valence-electron chi connectivity index (χ4n) is 2.22. The average Bonchev–Trinajstić information content (AvgIpc) is 3.13. The Labute approximate surface area is 110 Å². The van der Waals surface area contributed by atoms with E-state index in [1.54, 1.807) is 0 Å². The van der Waals surface area contributed by atoms with Gasteiger partial charge in [-0.1, -0.05) is 0 Å². The second-order valence-electron chi connectivity index (χ2n) is 5.39. The van der Waals surface area contributed by atoms with E-state index in [1.165, 1.54) is 12.8 Å². The largest absolute Gasteiger partial charge is 0.380 e. The lowest BCUT2D eigenvalue weighted by Gasteiger charge is -2.22. The molecule has 1 heterocycles. The molecule has 1 aliphatic heterocycles. The molecule has 2 N–H and O–H groups in total. The van der Waals surface area contributed by atoms with E-state index in [-0.39, 0.29) is 5.75 Å². The highest BCUT2D eigenvalue weighted by atomic mass is 32.2. The fourth-order valence-corrected chi connectivity index (χ4v) is 3.69. The predicted molar refractivity (Wildman–Crippen MR) is 70.9 cm³/mol. The first-order valence-corrected chi connectivity index (χ1v) is 8.57. The van der Waals surface area contributed by atoms with Crippen molar-refractivity contribution in [3.63, 3.8) is 0 Å². The molecule has 1 saturated carbocycles. The van der Waals surface area contributed by atoms with Gasteiger partial charge in [0.25, 0.3) is 0 Å². The summed E-state index contributed by atoms with van der Waals surface area (Å²) in [6, 6.07) is 0. The van der Waals surface area contributed by atoms with Crippen LogP contribution in [0.3, 0.4) is 0 Å². The highest BCUT2D eigenvalue weighted by Gasteiger charge is 2.22. The third kappa shape index (κ3) is 5.65. The zero-order valence-electron chi connectivity index (χ0n) is 10.9. The van der Waals surface area contributed by atoms with Gasteiger partial charge in [-0.25, -0.2) is 13.1 Å². The maximum atomic E-state index is 11.8. The summed E-state index contributed by atoms with van der Waals surface area (Å²) in [5, 5.41) is 3.24. The van der Waals surface area contributed by atoms with Crippen molar-refractivity contribution in [2.75, 3.05) is 38.6 Å². The number of ether oxygens (including phenoxy) is 1. The minimum atomic E-state index is -3.12. The molecule has 106 valence electrons. The lowest BCUT2D eigenvalue weighted by atomic mass is 10.0. The second kappa shape index (κ2) is 6.84. The Morgan fingerprint density at radius 3 is 2.50 bits per heavy atom. The van der Waals surface area contributed by atoms with Crippen LogP contribution in [-0.2, 0) is 14.8 Å². The highest BCUT2D eigenvalue weighted by molar-refractivity contribution is 7.89. The smallest absolute Gasteiger partial charge is 0.211 e. The average molecular weight is 276 g/mol. The lowest BCUT2D eigenvalue weighted by molar-refractivity contribution is 0.129. The summed E-state index contributed by atoms with van der Waals surface area (Å²) in [7, 11) is -3.12. The summed E-state index contributed by atoms with van der Waals surface area (Å²) in [6.07, 6.45) is 4.45. The van der Waals surface area contributed by atoms with Gasteiger partial charge in [0.2, 0.25) is 10.0 Å². The summed E-state index contributed by atoms with van der Waals surface area (Å²) in [5.74, 6) is 1.30. The van der Waals surface area contributed by atoms with Crippen LogP contribution >= 0.6 is 0 Å². The summed E-state index contributed by atoms with van der Waals surface area (Å²) in [6.45, 7) is 3.55. The predicted octanol–water partition coefficient (Wildman–Crippen LogP) is 0.332. The summed E-state index contributed by atoms with van der Waals surface area (Å²) >= 11 is 0. The first-order chi connectivity index (χ1) is 8.66. The number of piperidine rings is 1. The van der Waals surface area contributed by atoms with Gasteiger partial charge in [0.15, 0.2) is 0 Å². The van der Waals surface area contributed by atoms with Crippen LogP contribution in [0.5, 0.6) is 0 Å². The molecule has 0 unspecified atom stereocenters. The van der Waals surface area contributed by atoms with Crippen LogP contribution in [0.2, 0.25) is 0 Å². The lowest BCUT2D eigenvalue weighted by Crippen LogP contribution is -2.36. The molecule has 1 aliphatic carbocycles. The highest BCUT2D eigenvalue weighted by Crippen LogP contribution is 2.28. The van der Waals surface area contributed by atoms with Crippen molar-refractivity contribution >= 4 is 10.0 Å². The number of hydrogen-bond acceptors (Lipinski definition) is 4. The molecule has 0 aromatic rings. The van der Waals surface area contributed by atoms with Crippen LogP contribution in [0.1, 0.15) is 25.7 Å². The Morgan fingerprint density at radius 1 is 1.11 bits per heavy atom. The molecule has 5 nitrogen and oxygen atoms in total. The van der Waals surface area contributed by atoms with Crippen molar-refractivity contribution in [1.29, 1.82) is 0 Å². The first kappa shape index (κ1) is 14.2. The van der Waals surface area contributed by atoms with Gasteiger partial charge in [-0.05, 0) is 50.6 Å². The molecule has 0 aromatic heterocycles. The van der Waals surface area contributed by atoms with Crippen LogP contribution in [0.25, 0.3) is 0 Å². The molecule has 0 bridgehead atoms. The molecule has 0 aromatic carbocycles. The van der Waals surface area contributed by atoms with E-state index < -0.39 is 10.0 Å². The Kier molecular flexibility index (Phi) is 5.41. The van der Waals surface area contributed by atoms with Crippen molar-refractivity contribution in [3.8, 4) is 0 Å². The molecule has 18 heavy (non-hydrogen) atoms. The van der Waals surface area contributed by atoms with Crippen LogP contribution in [0.15, 0.2) is 0 Å². The zero-order chi connectivity index (χ0) is 12.8. The molecule has 2 aliphatic rings. The number of sulfonamides is 1. The van der Waals surface area contributed by atoms with Gasteiger partial charge in [0.1, 0.15) is 0 Å². The van der Waals surface area contributed by atoms with E-state index in [1.807, 2.05) is 0 Å². The van der Waals surface area contributed by atoms with E-state index >= 15 is 0 Å². The first-order valence-electron chi connectivity index (χ1n) is 6.91. The Morgan fingerprint density at radius 2 is 1.83 bits per heavy atom. The van der Waals surface area contributed by atoms with Crippen molar-refractivity contribution in [2.45, 2.75) is 25.7 Å². The molecule has 6 heteroatoms. The normalized spacial score (nSPS) is 22.2. The van der Waals surface area contributed by atoms with Crippen molar-refractivity contribution in [3.05, 3.63) is 0 Å². The maximum Gasteiger partial charge on any atom is 0.211 e. The maximum absolute atomic E-state index is 11.8. The minimum absolute atomic E-state index is 0.261. The van der Waals surface area contributed by atoms with Gasteiger partial charge in [-0.15, -0.1) is 0 Å². The van der Waals surface area contributed by atoms with Gasteiger partial charge in [0, 0.05) is 13.2 Å². The molecule has 0 radical (unpaired) electrons. The van der Waals surface area contributed by atoms with E-state index in [0.717, 1.165) is 38.5 Å². The van der Waals surface area contributed by atoms with E-state index in [2.05, 4.69) is 10.0 Å². The van der Waals surface area contributed by atoms with Crippen LogP contribution in [0, 0.1) is 11.8 Å². The minimum Gasteiger partial charge on any atom is -0.380 e. The summed E-state index contributed by atoms with van der Waals surface area (Å²) in [4.78, 5) is 0. The van der Waals surface area contributed by atoms with Gasteiger partial charge in [-0.2, -0.15) is 0 Å². The van der Waals surface area contributed by atoms with Gasteiger partial charge in [0.05, 0.1) is 12.4 Å². The molecule has 0 amide bonds. The van der Waals surface area contributed by atoms with Gasteiger partial charge < -0.3 is 10.1 Å². The molecule has 0 spiro atoms. The topological polar surface area (TPSA) is 67.4 Å². The molecule has 0 atom stereocenters. The van der Waals surface area contributed by atoms with Crippen LogP contribution < -0.4 is 10.0 Å². The molecule has 1 saturated heterocycles. The van der Waals surface area contributed by atoms with E-state index in [9.17, 15) is 8.42 Å². The third-order valence-electron chi connectivity index (χ3n) is 3.53. The fraction of sp³-hybridized carbons (Fsp3) is 1.00. The Bertz CT molecular complexity index is 335. The zero-order valence-corrected chi connectivity index (χ0v) is 11.7. The molecular weight excluding hydrogens is 252 g/mol. The van der Waals surface area contributed by atoms with Crippen LogP contribution in [-0.4, -0.2) is 47.0 Å². The van der Waals surface area contributed by atoms with E-state index in [0.29, 0.717) is 19.1 Å².